The van der Waals surface area contributed by atoms with E-state index in [4.69, 9.17) is 11.5 Å². The molecular formula is C8H12N4. The van der Waals surface area contributed by atoms with Crippen LogP contribution in [0.4, 0.5) is 17.3 Å². The van der Waals surface area contributed by atoms with Crippen molar-refractivity contribution in [3.05, 3.63) is 12.1 Å². The molecule has 64 valence electrons. The Kier molecular flexibility index (Phi) is 1.53. The summed E-state index contributed by atoms with van der Waals surface area (Å²) in [5.74, 6) is 1.23. The van der Waals surface area contributed by atoms with Gasteiger partial charge < -0.3 is 16.8 Å². The van der Waals surface area contributed by atoms with Crippen molar-refractivity contribution >= 4 is 17.3 Å². The summed E-state index contributed by atoms with van der Waals surface area (Å²) in [6.07, 6.45) is 2.46. The standard InChI is InChI=1S/C8H12N4/c9-6-3-4-7(12-8(6)10)11-5-1-2-5/h3-5H,1-2,9H2,(H3,10,11,12). The molecule has 1 aromatic rings. The minimum atomic E-state index is 0.403. The van der Waals surface area contributed by atoms with Crippen molar-refractivity contribution in [2.24, 2.45) is 0 Å². The first kappa shape index (κ1) is 7.21. The second kappa shape index (κ2) is 2.55. The summed E-state index contributed by atoms with van der Waals surface area (Å²) in [5.41, 5.74) is 11.6. The highest BCUT2D eigenvalue weighted by Crippen LogP contribution is 2.24. The Morgan fingerprint density at radius 3 is 2.67 bits per heavy atom. The Balaban J connectivity index is 2.15. The van der Waals surface area contributed by atoms with Gasteiger partial charge in [-0.3, -0.25) is 0 Å². The van der Waals surface area contributed by atoms with Crippen LogP contribution in [0.15, 0.2) is 12.1 Å². The van der Waals surface area contributed by atoms with Crippen molar-refractivity contribution in [1.29, 1.82) is 0 Å². The molecule has 0 spiro atoms. The number of rotatable bonds is 2. The van der Waals surface area contributed by atoms with Crippen LogP contribution in [0.2, 0.25) is 0 Å². The van der Waals surface area contributed by atoms with Crippen molar-refractivity contribution in [3.63, 3.8) is 0 Å². The molecule has 0 aromatic carbocycles. The number of nitrogens with one attached hydrogen (secondary N) is 1. The van der Waals surface area contributed by atoms with Crippen LogP contribution in [-0.4, -0.2) is 11.0 Å². The molecular weight excluding hydrogens is 152 g/mol. The highest BCUT2D eigenvalue weighted by molar-refractivity contribution is 5.61. The summed E-state index contributed by atoms with van der Waals surface area (Å²) in [4.78, 5) is 4.09. The van der Waals surface area contributed by atoms with Crippen LogP contribution in [0.1, 0.15) is 12.8 Å². The quantitative estimate of drug-likeness (QED) is 0.604. The molecule has 4 nitrogen and oxygen atoms in total. The van der Waals surface area contributed by atoms with E-state index >= 15 is 0 Å². The van der Waals surface area contributed by atoms with Crippen LogP contribution in [-0.2, 0) is 0 Å². The molecule has 0 unspecified atom stereocenters. The fourth-order valence-electron chi connectivity index (χ4n) is 1.00. The van der Waals surface area contributed by atoms with Gasteiger partial charge in [0, 0.05) is 6.04 Å². The van der Waals surface area contributed by atoms with Crippen LogP contribution in [0.25, 0.3) is 0 Å². The normalized spacial score (nSPS) is 16.0. The van der Waals surface area contributed by atoms with E-state index in [0.717, 1.165) is 5.82 Å². The molecule has 12 heavy (non-hydrogen) atoms. The van der Waals surface area contributed by atoms with Crippen LogP contribution < -0.4 is 16.8 Å². The van der Waals surface area contributed by atoms with Gasteiger partial charge in [-0.25, -0.2) is 4.98 Å². The predicted molar refractivity (Wildman–Crippen MR) is 49.7 cm³/mol. The van der Waals surface area contributed by atoms with Crippen LogP contribution >= 0.6 is 0 Å². The van der Waals surface area contributed by atoms with E-state index in [1.54, 1.807) is 6.07 Å². The third-order valence-electron chi connectivity index (χ3n) is 1.89. The maximum Gasteiger partial charge on any atom is 0.149 e. The topological polar surface area (TPSA) is 77.0 Å². The minimum absolute atomic E-state index is 0.403. The molecule has 0 aliphatic heterocycles. The molecule has 1 aliphatic rings. The molecule has 1 aliphatic carbocycles. The zero-order valence-corrected chi connectivity index (χ0v) is 6.75. The van der Waals surface area contributed by atoms with Gasteiger partial charge in [-0.1, -0.05) is 0 Å². The summed E-state index contributed by atoms with van der Waals surface area (Å²) < 4.78 is 0. The van der Waals surface area contributed by atoms with E-state index in [0.29, 0.717) is 17.5 Å². The SMILES string of the molecule is Nc1ccc(NC2CC2)nc1N. The molecule has 2 rings (SSSR count). The van der Waals surface area contributed by atoms with E-state index in [1.807, 2.05) is 6.07 Å². The van der Waals surface area contributed by atoms with E-state index in [2.05, 4.69) is 10.3 Å². The largest absolute Gasteiger partial charge is 0.396 e. The molecule has 0 bridgehead atoms. The molecule has 1 fully saturated rings. The smallest absolute Gasteiger partial charge is 0.149 e. The van der Waals surface area contributed by atoms with Gasteiger partial charge in [-0.2, -0.15) is 0 Å². The maximum atomic E-state index is 5.54. The zero-order chi connectivity index (χ0) is 8.55. The lowest BCUT2D eigenvalue weighted by molar-refractivity contribution is 1.12. The Labute approximate surface area is 71.0 Å². The number of nitrogen functional groups attached to an aromatic ring is 2. The number of nitrogens with zero attached hydrogens (tertiary/aromatic N) is 1. The van der Waals surface area contributed by atoms with Gasteiger partial charge in [0.2, 0.25) is 0 Å². The molecule has 0 radical (unpaired) electrons. The Morgan fingerprint density at radius 1 is 1.33 bits per heavy atom. The van der Waals surface area contributed by atoms with Gasteiger partial charge in [0.05, 0.1) is 5.69 Å². The van der Waals surface area contributed by atoms with Gasteiger partial charge in [-0.15, -0.1) is 0 Å². The van der Waals surface area contributed by atoms with E-state index in [1.165, 1.54) is 12.8 Å². The van der Waals surface area contributed by atoms with E-state index in [-0.39, 0.29) is 0 Å². The number of aromatic nitrogens is 1. The zero-order valence-electron chi connectivity index (χ0n) is 6.75. The first-order valence-electron chi connectivity index (χ1n) is 4.04. The summed E-state index contributed by atoms with van der Waals surface area (Å²) in [7, 11) is 0. The monoisotopic (exact) mass is 164 g/mol. The van der Waals surface area contributed by atoms with Crippen LogP contribution in [0.3, 0.4) is 0 Å². The predicted octanol–water partition coefficient (Wildman–Crippen LogP) is 0.820. The van der Waals surface area contributed by atoms with E-state index < -0.39 is 0 Å². The van der Waals surface area contributed by atoms with E-state index in [9.17, 15) is 0 Å². The lowest BCUT2D eigenvalue weighted by Gasteiger charge is -2.04. The van der Waals surface area contributed by atoms with Gasteiger partial charge in [-0.05, 0) is 25.0 Å². The minimum Gasteiger partial charge on any atom is -0.396 e. The number of pyridine rings is 1. The van der Waals surface area contributed by atoms with Gasteiger partial charge in [0.15, 0.2) is 0 Å². The number of nitrogens with two attached hydrogens (primary N) is 2. The summed E-state index contributed by atoms with van der Waals surface area (Å²) in [5, 5.41) is 3.24. The number of hydrogen-bond donors (Lipinski definition) is 3. The first-order chi connectivity index (χ1) is 5.75. The van der Waals surface area contributed by atoms with Crippen LogP contribution in [0, 0.1) is 0 Å². The average Bonchev–Trinajstić information content (AvgIpc) is 2.81. The van der Waals surface area contributed by atoms with Gasteiger partial charge >= 0.3 is 0 Å². The molecule has 0 amide bonds. The summed E-state index contributed by atoms with van der Waals surface area (Å²) in [6.45, 7) is 0. The molecule has 1 aromatic heterocycles. The Hall–Kier alpha value is -1.45. The van der Waals surface area contributed by atoms with Crippen LogP contribution in [0.5, 0.6) is 0 Å². The van der Waals surface area contributed by atoms with Gasteiger partial charge in [0.1, 0.15) is 11.6 Å². The molecule has 0 saturated heterocycles. The highest BCUT2D eigenvalue weighted by atomic mass is 15.1. The first-order valence-corrected chi connectivity index (χ1v) is 4.04. The van der Waals surface area contributed by atoms with Gasteiger partial charge in [0.25, 0.3) is 0 Å². The second-order valence-corrected chi connectivity index (χ2v) is 3.09. The molecule has 1 heterocycles. The summed E-state index contributed by atoms with van der Waals surface area (Å²) >= 11 is 0. The molecule has 1 saturated carbocycles. The third kappa shape index (κ3) is 1.42. The second-order valence-electron chi connectivity index (χ2n) is 3.09. The summed E-state index contributed by atoms with van der Waals surface area (Å²) in [6, 6.07) is 4.22. The molecule has 4 heteroatoms. The van der Waals surface area contributed by atoms with Crippen molar-refractivity contribution in [3.8, 4) is 0 Å². The maximum absolute atomic E-state index is 5.54. The highest BCUT2D eigenvalue weighted by Gasteiger charge is 2.21. The van der Waals surface area contributed by atoms with Crippen molar-refractivity contribution in [1.82, 2.24) is 4.98 Å². The fourth-order valence-corrected chi connectivity index (χ4v) is 1.00. The van der Waals surface area contributed by atoms with Crippen molar-refractivity contribution in [2.45, 2.75) is 18.9 Å². The Bertz CT molecular complexity index is 293. The van der Waals surface area contributed by atoms with Crippen molar-refractivity contribution in [2.75, 3.05) is 16.8 Å². The molecule has 0 atom stereocenters. The number of hydrogen-bond acceptors (Lipinski definition) is 4. The Morgan fingerprint density at radius 2 is 2.08 bits per heavy atom. The fraction of sp³-hybridized carbons (Fsp3) is 0.375. The van der Waals surface area contributed by atoms with Crippen molar-refractivity contribution < 1.29 is 0 Å². The third-order valence-corrected chi connectivity index (χ3v) is 1.89. The molecule has 5 N–H and O–H groups in total. The lowest BCUT2D eigenvalue weighted by atomic mass is 10.4. The average molecular weight is 164 g/mol. The lowest BCUT2D eigenvalue weighted by Crippen LogP contribution is -2.05. The number of anilines is 3.